The molecule has 0 fully saturated rings. The maximum Gasteiger partial charge on any atom is 0.254 e. The number of rotatable bonds is 4. The Morgan fingerprint density at radius 2 is 1.76 bits per heavy atom. The van der Waals surface area contributed by atoms with E-state index in [1.165, 1.54) is 24.3 Å². The molecule has 0 bridgehead atoms. The number of nitrogens with one attached hydrogen (secondary N) is 2. The Morgan fingerprint density at radius 1 is 1.10 bits per heavy atom. The van der Waals surface area contributed by atoms with Gasteiger partial charge in [-0.3, -0.25) is 10.6 Å². The first-order valence-electron chi connectivity index (χ1n) is 6.35. The molecule has 1 atom stereocenters. The SMILES string of the molecule is CC(NC(=O)c1cccc(F)c1NN)c1ccccc1F. The second kappa shape index (κ2) is 6.32. The molecule has 0 aliphatic heterocycles. The molecule has 4 nitrogen and oxygen atoms in total. The van der Waals surface area contributed by atoms with Gasteiger partial charge in [0, 0.05) is 5.56 Å². The molecule has 0 saturated heterocycles. The lowest BCUT2D eigenvalue weighted by atomic mass is 10.1. The van der Waals surface area contributed by atoms with Gasteiger partial charge >= 0.3 is 0 Å². The lowest BCUT2D eigenvalue weighted by Gasteiger charge is -2.16. The number of nitrogens with two attached hydrogens (primary N) is 1. The highest BCUT2D eigenvalue weighted by Gasteiger charge is 2.18. The second-order valence-electron chi connectivity index (χ2n) is 4.52. The van der Waals surface area contributed by atoms with Crippen LogP contribution in [0.3, 0.4) is 0 Å². The quantitative estimate of drug-likeness (QED) is 0.599. The Balaban J connectivity index is 2.23. The van der Waals surface area contributed by atoms with Crippen LogP contribution < -0.4 is 16.6 Å². The summed E-state index contributed by atoms with van der Waals surface area (Å²) >= 11 is 0. The molecule has 6 heteroatoms. The number of para-hydroxylation sites is 1. The summed E-state index contributed by atoms with van der Waals surface area (Å²) in [5, 5.41) is 2.61. The van der Waals surface area contributed by atoms with Crippen LogP contribution in [0.25, 0.3) is 0 Å². The molecule has 1 unspecified atom stereocenters. The second-order valence-corrected chi connectivity index (χ2v) is 4.52. The summed E-state index contributed by atoms with van der Waals surface area (Å²) < 4.78 is 27.2. The van der Waals surface area contributed by atoms with Crippen molar-refractivity contribution in [2.24, 2.45) is 5.84 Å². The van der Waals surface area contributed by atoms with Gasteiger partial charge in [-0.2, -0.15) is 0 Å². The van der Waals surface area contributed by atoms with Crippen LogP contribution in [0.5, 0.6) is 0 Å². The highest BCUT2D eigenvalue weighted by molar-refractivity contribution is 5.99. The molecule has 0 spiro atoms. The van der Waals surface area contributed by atoms with Gasteiger partial charge in [0.2, 0.25) is 0 Å². The number of hydrazine groups is 1. The van der Waals surface area contributed by atoms with Crippen molar-refractivity contribution in [3.05, 3.63) is 65.2 Å². The largest absolute Gasteiger partial charge is 0.345 e. The van der Waals surface area contributed by atoms with E-state index in [-0.39, 0.29) is 11.3 Å². The van der Waals surface area contributed by atoms with E-state index < -0.39 is 23.6 Å². The summed E-state index contributed by atoms with van der Waals surface area (Å²) in [7, 11) is 0. The maximum atomic E-state index is 13.7. The van der Waals surface area contributed by atoms with Crippen molar-refractivity contribution in [1.82, 2.24) is 5.32 Å². The van der Waals surface area contributed by atoms with Crippen LogP contribution in [0.4, 0.5) is 14.5 Å². The summed E-state index contributed by atoms with van der Waals surface area (Å²) in [5.41, 5.74) is 2.47. The molecule has 0 aromatic heterocycles. The van der Waals surface area contributed by atoms with Crippen molar-refractivity contribution in [3.8, 4) is 0 Å². The zero-order chi connectivity index (χ0) is 15.4. The molecule has 4 N–H and O–H groups in total. The van der Waals surface area contributed by atoms with Gasteiger partial charge < -0.3 is 10.7 Å². The van der Waals surface area contributed by atoms with E-state index >= 15 is 0 Å². The summed E-state index contributed by atoms with van der Waals surface area (Å²) in [6.45, 7) is 1.64. The molecule has 0 aliphatic rings. The third-order valence-corrected chi connectivity index (χ3v) is 3.12. The first kappa shape index (κ1) is 14.9. The molecule has 0 heterocycles. The minimum atomic E-state index is -0.635. The van der Waals surface area contributed by atoms with E-state index in [0.29, 0.717) is 5.56 Å². The van der Waals surface area contributed by atoms with Gasteiger partial charge in [-0.1, -0.05) is 24.3 Å². The highest BCUT2D eigenvalue weighted by Crippen LogP contribution is 2.21. The number of hydrogen-bond donors (Lipinski definition) is 3. The molecule has 2 rings (SSSR count). The number of carbonyl (C=O) groups is 1. The summed E-state index contributed by atoms with van der Waals surface area (Å²) in [6, 6.07) is 9.59. The minimum absolute atomic E-state index is 0.0562. The number of halogens is 2. The van der Waals surface area contributed by atoms with Crippen molar-refractivity contribution >= 4 is 11.6 Å². The fraction of sp³-hybridized carbons (Fsp3) is 0.133. The molecule has 2 aromatic carbocycles. The third kappa shape index (κ3) is 3.17. The molecule has 1 amide bonds. The molecular formula is C15H15F2N3O. The summed E-state index contributed by atoms with van der Waals surface area (Å²) in [6.07, 6.45) is 0. The van der Waals surface area contributed by atoms with Crippen molar-refractivity contribution in [2.75, 3.05) is 5.43 Å². The van der Waals surface area contributed by atoms with Gasteiger partial charge in [-0.05, 0) is 25.1 Å². The van der Waals surface area contributed by atoms with Gasteiger partial charge in [0.05, 0.1) is 17.3 Å². The highest BCUT2D eigenvalue weighted by atomic mass is 19.1. The molecule has 21 heavy (non-hydrogen) atoms. The standard InChI is InChI=1S/C15H15F2N3O/c1-9(10-5-2-3-7-12(10)16)19-15(21)11-6-4-8-13(17)14(11)20-18/h2-9,20H,18H2,1H3,(H,19,21). The maximum absolute atomic E-state index is 13.7. The van der Waals surface area contributed by atoms with Gasteiger partial charge in [0.25, 0.3) is 5.91 Å². The lowest BCUT2D eigenvalue weighted by Crippen LogP contribution is -2.28. The number of anilines is 1. The lowest BCUT2D eigenvalue weighted by molar-refractivity contribution is 0.0940. The Kier molecular flexibility index (Phi) is 4.49. The van der Waals surface area contributed by atoms with Crippen molar-refractivity contribution < 1.29 is 13.6 Å². The Labute approximate surface area is 120 Å². The van der Waals surface area contributed by atoms with E-state index in [1.54, 1.807) is 25.1 Å². The monoisotopic (exact) mass is 291 g/mol. The fourth-order valence-electron chi connectivity index (χ4n) is 2.04. The smallest absolute Gasteiger partial charge is 0.254 e. The van der Waals surface area contributed by atoms with Crippen LogP contribution in [-0.4, -0.2) is 5.91 Å². The van der Waals surface area contributed by atoms with E-state index in [2.05, 4.69) is 10.7 Å². The molecule has 110 valence electrons. The van der Waals surface area contributed by atoms with Crippen LogP contribution in [-0.2, 0) is 0 Å². The van der Waals surface area contributed by atoms with Gasteiger partial charge in [-0.15, -0.1) is 0 Å². The molecular weight excluding hydrogens is 276 g/mol. The van der Waals surface area contributed by atoms with E-state index in [9.17, 15) is 13.6 Å². The zero-order valence-electron chi connectivity index (χ0n) is 11.4. The fourth-order valence-corrected chi connectivity index (χ4v) is 2.04. The first-order chi connectivity index (χ1) is 10.0. The van der Waals surface area contributed by atoms with Crippen LogP contribution in [0.1, 0.15) is 28.9 Å². The van der Waals surface area contributed by atoms with Crippen molar-refractivity contribution in [3.63, 3.8) is 0 Å². The Morgan fingerprint density at radius 3 is 2.43 bits per heavy atom. The topological polar surface area (TPSA) is 67.2 Å². The average Bonchev–Trinajstić information content (AvgIpc) is 2.47. The van der Waals surface area contributed by atoms with Crippen LogP contribution in [0.2, 0.25) is 0 Å². The van der Waals surface area contributed by atoms with Crippen molar-refractivity contribution in [1.29, 1.82) is 0 Å². The number of hydrogen-bond acceptors (Lipinski definition) is 3. The number of nitrogen functional groups attached to an aromatic ring is 1. The first-order valence-corrected chi connectivity index (χ1v) is 6.35. The van der Waals surface area contributed by atoms with Gasteiger partial charge in [0.1, 0.15) is 11.6 Å². The minimum Gasteiger partial charge on any atom is -0.345 e. The van der Waals surface area contributed by atoms with Crippen LogP contribution >= 0.6 is 0 Å². The van der Waals surface area contributed by atoms with E-state index in [0.717, 1.165) is 0 Å². The molecule has 0 radical (unpaired) electrons. The zero-order valence-corrected chi connectivity index (χ0v) is 11.4. The molecule has 0 aliphatic carbocycles. The molecule has 0 saturated carbocycles. The number of benzene rings is 2. The van der Waals surface area contributed by atoms with Crippen molar-refractivity contribution in [2.45, 2.75) is 13.0 Å². The normalized spacial score (nSPS) is 11.8. The Hall–Kier alpha value is -2.47. The Bertz CT molecular complexity index is 661. The predicted molar refractivity (Wildman–Crippen MR) is 76.5 cm³/mol. The number of amides is 1. The number of carbonyl (C=O) groups excluding carboxylic acids is 1. The predicted octanol–water partition coefficient (Wildman–Crippen LogP) is 2.74. The van der Waals surface area contributed by atoms with E-state index in [1.807, 2.05) is 0 Å². The van der Waals surface area contributed by atoms with Crippen LogP contribution in [0, 0.1) is 11.6 Å². The average molecular weight is 291 g/mol. The summed E-state index contributed by atoms with van der Waals surface area (Å²) in [5.74, 6) is 3.63. The van der Waals surface area contributed by atoms with E-state index in [4.69, 9.17) is 5.84 Å². The molecule has 2 aromatic rings. The van der Waals surface area contributed by atoms with Gasteiger partial charge in [-0.25, -0.2) is 8.78 Å². The third-order valence-electron chi connectivity index (χ3n) is 3.12. The van der Waals surface area contributed by atoms with Crippen LogP contribution in [0.15, 0.2) is 42.5 Å². The summed E-state index contributed by atoms with van der Waals surface area (Å²) in [4.78, 5) is 12.2. The van der Waals surface area contributed by atoms with Gasteiger partial charge in [0.15, 0.2) is 0 Å².